The molecule has 10 nitrogen and oxygen atoms in total. The molecule has 0 aromatic heterocycles. The van der Waals surface area contributed by atoms with Gasteiger partial charge in [0.25, 0.3) is 0 Å². The Hall–Kier alpha value is -4.08. The molecule has 44 heavy (non-hydrogen) atoms. The summed E-state index contributed by atoms with van der Waals surface area (Å²) in [5.41, 5.74) is 1.89. The molecule has 0 saturated heterocycles. The van der Waals surface area contributed by atoms with E-state index in [1.54, 1.807) is 0 Å². The molecule has 0 unspecified atom stereocenters. The number of alkyl carbamates (subject to hydrolysis) is 1. The van der Waals surface area contributed by atoms with E-state index >= 15 is 0 Å². The van der Waals surface area contributed by atoms with Crippen LogP contribution in [0, 0.1) is 0 Å². The zero-order chi connectivity index (χ0) is 31.7. The summed E-state index contributed by atoms with van der Waals surface area (Å²) in [6.45, 7) is 2.82. The molecule has 2 rings (SSSR count). The highest BCUT2D eigenvalue weighted by Crippen LogP contribution is 2.08. The van der Waals surface area contributed by atoms with Crippen LogP contribution in [0.2, 0.25) is 0 Å². The number of rotatable bonds is 23. The van der Waals surface area contributed by atoms with E-state index in [2.05, 4.69) is 16.0 Å². The van der Waals surface area contributed by atoms with Crippen molar-refractivity contribution in [2.75, 3.05) is 26.2 Å². The van der Waals surface area contributed by atoms with Gasteiger partial charge in [-0.1, -0.05) is 86.3 Å². The fourth-order valence-corrected chi connectivity index (χ4v) is 4.59. The standard InChI is InChI=1S/C34H50N4O6/c39-31(35-23-13-1-2-15-25-37-33(41)44-28-30-19-9-6-10-20-30)21-11-12-22-32(40)36-24-14-3-4-16-26-38(34(42)43)27-29-17-7-5-8-18-29/h5-10,17-20H,1-4,11-16,21-28H2,(H,35,39)(H,36,40)(H,37,41)(H,42,43)/p-1. The third-order valence-electron chi connectivity index (χ3n) is 7.12. The molecule has 10 heteroatoms. The van der Waals surface area contributed by atoms with E-state index in [4.69, 9.17) is 4.74 Å². The van der Waals surface area contributed by atoms with Crippen LogP contribution in [0.15, 0.2) is 60.7 Å². The predicted molar refractivity (Wildman–Crippen MR) is 168 cm³/mol. The van der Waals surface area contributed by atoms with Crippen molar-refractivity contribution in [3.05, 3.63) is 71.8 Å². The summed E-state index contributed by atoms with van der Waals surface area (Å²) in [5, 5.41) is 20.0. The molecule has 0 spiro atoms. The van der Waals surface area contributed by atoms with Crippen LogP contribution in [0.25, 0.3) is 0 Å². The van der Waals surface area contributed by atoms with Crippen LogP contribution < -0.4 is 21.1 Å². The van der Waals surface area contributed by atoms with E-state index in [-0.39, 0.29) is 18.4 Å². The van der Waals surface area contributed by atoms with Gasteiger partial charge in [0, 0.05) is 45.6 Å². The third-order valence-corrected chi connectivity index (χ3v) is 7.12. The first-order valence-corrected chi connectivity index (χ1v) is 15.9. The first-order valence-electron chi connectivity index (χ1n) is 15.9. The van der Waals surface area contributed by atoms with Gasteiger partial charge >= 0.3 is 6.09 Å². The monoisotopic (exact) mass is 609 g/mol. The Labute approximate surface area is 261 Å². The second-order valence-corrected chi connectivity index (χ2v) is 10.9. The summed E-state index contributed by atoms with van der Waals surface area (Å²) < 4.78 is 5.17. The molecule has 0 aliphatic carbocycles. The Morgan fingerprint density at radius 3 is 1.59 bits per heavy atom. The summed E-state index contributed by atoms with van der Waals surface area (Å²) in [5.74, 6) is 0.00425. The highest BCUT2D eigenvalue weighted by atomic mass is 16.5. The smallest absolute Gasteiger partial charge is 0.407 e. The molecule has 0 saturated carbocycles. The van der Waals surface area contributed by atoms with Gasteiger partial charge in [0.1, 0.15) is 12.7 Å². The van der Waals surface area contributed by atoms with Crippen LogP contribution in [0.1, 0.15) is 88.2 Å². The number of ether oxygens (including phenoxy) is 1. The number of nitrogens with zero attached hydrogens (tertiary/aromatic N) is 1. The lowest BCUT2D eigenvalue weighted by atomic mass is 10.1. The van der Waals surface area contributed by atoms with Crippen molar-refractivity contribution in [3.8, 4) is 0 Å². The molecule has 2 aromatic rings. The first kappa shape index (κ1) is 36.1. The minimum atomic E-state index is -1.16. The molecular formula is C34H49N4O6-. The van der Waals surface area contributed by atoms with Gasteiger partial charge in [-0.25, -0.2) is 4.79 Å². The normalized spacial score (nSPS) is 10.5. The topological polar surface area (TPSA) is 140 Å². The van der Waals surface area contributed by atoms with Gasteiger partial charge in [0.2, 0.25) is 11.8 Å². The lowest BCUT2D eigenvalue weighted by Crippen LogP contribution is -2.41. The average molecular weight is 610 g/mol. The molecule has 3 N–H and O–H groups in total. The van der Waals surface area contributed by atoms with E-state index in [0.29, 0.717) is 58.4 Å². The largest absolute Gasteiger partial charge is 0.530 e. The number of nitrogens with one attached hydrogen (secondary N) is 3. The van der Waals surface area contributed by atoms with Crippen molar-refractivity contribution in [3.63, 3.8) is 0 Å². The second-order valence-electron chi connectivity index (χ2n) is 10.9. The highest BCUT2D eigenvalue weighted by Gasteiger charge is 2.07. The molecule has 0 radical (unpaired) electrons. The molecular weight excluding hydrogens is 560 g/mol. The third kappa shape index (κ3) is 18.5. The maximum atomic E-state index is 12.0. The Balaban J connectivity index is 1.33. The maximum Gasteiger partial charge on any atom is 0.407 e. The van der Waals surface area contributed by atoms with Gasteiger partial charge < -0.3 is 35.5 Å². The average Bonchev–Trinajstić information content (AvgIpc) is 3.03. The van der Waals surface area contributed by atoms with Crippen molar-refractivity contribution in [2.45, 2.75) is 90.2 Å². The Morgan fingerprint density at radius 1 is 0.591 bits per heavy atom. The Morgan fingerprint density at radius 2 is 1.07 bits per heavy atom. The van der Waals surface area contributed by atoms with Crippen LogP contribution in [0.5, 0.6) is 0 Å². The minimum absolute atomic E-state index is 0.00431. The predicted octanol–water partition coefficient (Wildman–Crippen LogP) is 4.67. The van der Waals surface area contributed by atoms with Gasteiger partial charge in [-0.2, -0.15) is 0 Å². The molecule has 0 fully saturated rings. The van der Waals surface area contributed by atoms with Crippen LogP contribution in [0.3, 0.4) is 0 Å². The number of benzene rings is 2. The minimum Gasteiger partial charge on any atom is -0.530 e. The van der Waals surface area contributed by atoms with E-state index in [9.17, 15) is 24.3 Å². The molecule has 0 atom stereocenters. The van der Waals surface area contributed by atoms with Gasteiger partial charge in [-0.05, 0) is 49.7 Å². The van der Waals surface area contributed by atoms with Gasteiger partial charge in [0.15, 0.2) is 0 Å². The van der Waals surface area contributed by atoms with Crippen LogP contribution in [-0.4, -0.2) is 55.1 Å². The second kappa shape index (κ2) is 23.4. The van der Waals surface area contributed by atoms with E-state index < -0.39 is 12.2 Å². The fourth-order valence-electron chi connectivity index (χ4n) is 4.59. The zero-order valence-corrected chi connectivity index (χ0v) is 25.9. The number of amides is 4. The maximum absolute atomic E-state index is 12.0. The summed E-state index contributed by atoms with van der Waals surface area (Å²) in [6, 6.07) is 19.0. The molecule has 0 aliphatic heterocycles. The summed E-state index contributed by atoms with van der Waals surface area (Å²) in [4.78, 5) is 48.5. The number of hydrogen-bond donors (Lipinski definition) is 3. The molecule has 4 amide bonds. The highest BCUT2D eigenvalue weighted by molar-refractivity contribution is 5.77. The molecule has 0 bridgehead atoms. The molecule has 0 aliphatic rings. The van der Waals surface area contributed by atoms with Gasteiger partial charge in [0.05, 0.1) is 0 Å². The quantitative estimate of drug-likeness (QED) is 0.157. The molecule has 2 aromatic carbocycles. The van der Waals surface area contributed by atoms with Crippen molar-refractivity contribution in [1.82, 2.24) is 20.9 Å². The Bertz CT molecular complexity index is 1080. The van der Waals surface area contributed by atoms with E-state index in [1.165, 1.54) is 4.90 Å². The number of unbranched alkanes of at least 4 members (excludes halogenated alkanes) is 7. The summed E-state index contributed by atoms with van der Waals surface area (Å²) in [6.07, 6.45) is 7.64. The lowest BCUT2D eigenvalue weighted by molar-refractivity contribution is -0.266. The SMILES string of the molecule is O=C(CCCCC(=O)NCCCCCCN(Cc1ccccc1)C(=O)[O-])NCCCCCCNC(=O)OCc1ccccc1. The van der Waals surface area contributed by atoms with Crippen molar-refractivity contribution < 1.29 is 29.0 Å². The number of carbonyl (C=O) groups excluding carboxylic acids is 4. The Kier molecular flexibility index (Phi) is 19.2. The summed E-state index contributed by atoms with van der Waals surface area (Å²) in [7, 11) is 0. The van der Waals surface area contributed by atoms with Crippen LogP contribution in [-0.2, 0) is 27.5 Å². The molecule has 0 heterocycles. The number of carboxylic acid groups (broad SMARTS) is 1. The van der Waals surface area contributed by atoms with Crippen molar-refractivity contribution in [2.24, 2.45) is 0 Å². The molecule has 242 valence electrons. The van der Waals surface area contributed by atoms with E-state index in [0.717, 1.165) is 62.5 Å². The van der Waals surface area contributed by atoms with Crippen molar-refractivity contribution >= 4 is 24.0 Å². The van der Waals surface area contributed by atoms with Crippen molar-refractivity contribution in [1.29, 1.82) is 0 Å². The number of carbonyl (C=O) groups is 4. The van der Waals surface area contributed by atoms with Crippen LogP contribution in [0.4, 0.5) is 9.59 Å². The fraction of sp³-hybridized carbons (Fsp3) is 0.529. The zero-order valence-electron chi connectivity index (χ0n) is 25.9. The lowest BCUT2D eigenvalue weighted by Gasteiger charge is -2.25. The van der Waals surface area contributed by atoms with Gasteiger partial charge in [-0.3, -0.25) is 9.59 Å². The van der Waals surface area contributed by atoms with Crippen LogP contribution >= 0.6 is 0 Å². The van der Waals surface area contributed by atoms with E-state index in [1.807, 2.05) is 60.7 Å². The summed E-state index contributed by atoms with van der Waals surface area (Å²) >= 11 is 0. The number of hydrogen-bond acceptors (Lipinski definition) is 6. The first-order chi connectivity index (χ1) is 21.4. The van der Waals surface area contributed by atoms with Gasteiger partial charge in [-0.15, -0.1) is 0 Å².